The van der Waals surface area contributed by atoms with Crippen LogP contribution in [0, 0.1) is 0 Å². The van der Waals surface area contributed by atoms with Crippen molar-refractivity contribution in [3.05, 3.63) is 71.1 Å². The van der Waals surface area contributed by atoms with Gasteiger partial charge in [0.25, 0.3) is 0 Å². The van der Waals surface area contributed by atoms with Crippen molar-refractivity contribution in [1.29, 1.82) is 0 Å². The van der Waals surface area contributed by atoms with Gasteiger partial charge in [-0.3, -0.25) is 4.79 Å². The molecule has 29 heavy (non-hydrogen) atoms. The molecule has 0 spiro atoms. The number of hydrogen-bond donors (Lipinski definition) is 2. The Morgan fingerprint density at radius 2 is 1.93 bits per heavy atom. The molecule has 6 nitrogen and oxygen atoms in total. The van der Waals surface area contributed by atoms with E-state index in [-0.39, 0.29) is 5.91 Å². The molecule has 2 aromatic carbocycles. The summed E-state index contributed by atoms with van der Waals surface area (Å²) in [4.78, 5) is 17.0. The number of quaternary nitrogens is 1. The topological polar surface area (TPSA) is 95.7 Å². The summed E-state index contributed by atoms with van der Waals surface area (Å²) in [7, 11) is 0. The normalized spacial score (nSPS) is 11.9. The maximum Gasteiger partial charge on any atom is 0.249 e. The lowest BCUT2D eigenvalue weighted by Gasteiger charge is -2.15. The van der Waals surface area contributed by atoms with Crippen LogP contribution in [-0.2, 0) is 11.2 Å². The molecule has 0 saturated carbocycles. The molecule has 0 aliphatic heterocycles. The number of unbranched alkanes of at least 4 members (excludes halogenated alkanes) is 2. The van der Waals surface area contributed by atoms with E-state index in [0.717, 1.165) is 36.9 Å². The summed E-state index contributed by atoms with van der Waals surface area (Å²) in [6.07, 6.45) is 3.92. The van der Waals surface area contributed by atoms with E-state index in [1.165, 1.54) is 0 Å². The van der Waals surface area contributed by atoms with E-state index in [1.54, 1.807) is 12.1 Å². The van der Waals surface area contributed by atoms with Crippen LogP contribution in [-0.4, -0.2) is 22.6 Å². The molecule has 0 aliphatic carbocycles. The van der Waals surface area contributed by atoms with Crippen molar-refractivity contribution in [2.75, 3.05) is 6.54 Å². The molecule has 1 amide bonds. The fourth-order valence-corrected chi connectivity index (χ4v) is 3.27. The SMILES string of the molecule is [NH3+]CCCCCC(=O)N[C@@H](Cc1ccccc1)c1nc(-c2cccc(Cl)c2)no1. The Morgan fingerprint density at radius 1 is 1.10 bits per heavy atom. The highest BCUT2D eigenvalue weighted by molar-refractivity contribution is 6.30. The molecule has 3 rings (SSSR count). The standard InChI is InChI=1S/C22H25ClN4O2/c23-18-11-7-10-17(15-18)21-26-22(29-27-21)19(14-16-8-3-1-4-9-16)25-20(28)12-5-2-6-13-24/h1,3-4,7-11,15,19H,2,5-6,12-14,24H2,(H,25,28)/p+1/t19-/m0/s1. The third-order valence-electron chi connectivity index (χ3n) is 4.59. The second-order valence-electron chi connectivity index (χ2n) is 6.94. The largest absolute Gasteiger partial charge is 0.358 e. The molecule has 3 aromatic rings. The predicted octanol–water partition coefficient (Wildman–Crippen LogP) is 3.59. The van der Waals surface area contributed by atoms with Gasteiger partial charge in [-0.2, -0.15) is 4.98 Å². The summed E-state index contributed by atoms with van der Waals surface area (Å²) >= 11 is 6.06. The highest BCUT2D eigenvalue weighted by Crippen LogP contribution is 2.23. The highest BCUT2D eigenvalue weighted by atomic mass is 35.5. The van der Waals surface area contributed by atoms with Crippen molar-refractivity contribution >= 4 is 17.5 Å². The summed E-state index contributed by atoms with van der Waals surface area (Å²) in [5, 5.41) is 7.74. The van der Waals surface area contributed by atoms with Crippen LogP contribution in [0.15, 0.2) is 59.1 Å². The molecule has 0 fully saturated rings. The average molecular weight is 414 g/mol. The Labute approximate surface area is 175 Å². The van der Waals surface area contributed by atoms with E-state index in [4.69, 9.17) is 16.1 Å². The van der Waals surface area contributed by atoms with Crippen molar-refractivity contribution in [2.45, 2.75) is 38.1 Å². The number of halogens is 1. The number of hydrogen-bond acceptors (Lipinski definition) is 4. The van der Waals surface area contributed by atoms with Crippen LogP contribution in [0.5, 0.6) is 0 Å². The number of nitrogens with one attached hydrogen (secondary N) is 1. The summed E-state index contributed by atoms with van der Waals surface area (Å²) < 4.78 is 5.51. The number of carbonyl (C=O) groups is 1. The van der Waals surface area contributed by atoms with E-state index in [0.29, 0.717) is 29.6 Å². The van der Waals surface area contributed by atoms with E-state index < -0.39 is 6.04 Å². The first kappa shape index (κ1) is 21.0. The molecule has 0 bridgehead atoms. The number of amides is 1. The number of carbonyl (C=O) groups excluding carboxylic acids is 1. The zero-order valence-corrected chi connectivity index (χ0v) is 17.1. The van der Waals surface area contributed by atoms with Crippen molar-refractivity contribution in [2.24, 2.45) is 0 Å². The minimum atomic E-state index is -0.391. The summed E-state index contributed by atoms with van der Waals surface area (Å²) in [6.45, 7) is 0.895. The Hall–Kier alpha value is -2.70. The predicted molar refractivity (Wildman–Crippen MR) is 112 cm³/mol. The van der Waals surface area contributed by atoms with Gasteiger partial charge in [0, 0.05) is 23.4 Å². The van der Waals surface area contributed by atoms with Gasteiger partial charge in [-0.15, -0.1) is 0 Å². The fourth-order valence-electron chi connectivity index (χ4n) is 3.08. The molecule has 1 atom stereocenters. The minimum Gasteiger partial charge on any atom is -0.358 e. The molecule has 7 heteroatoms. The summed E-state index contributed by atoms with van der Waals surface area (Å²) in [5.41, 5.74) is 5.68. The lowest BCUT2D eigenvalue weighted by Crippen LogP contribution is -2.50. The van der Waals surface area contributed by atoms with Crippen LogP contribution in [0.4, 0.5) is 0 Å². The molecule has 0 radical (unpaired) electrons. The van der Waals surface area contributed by atoms with Crippen LogP contribution in [0.3, 0.4) is 0 Å². The van der Waals surface area contributed by atoms with Crippen molar-refractivity contribution in [3.8, 4) is 11.4 Å². The Balaban J connectivity index is 1.75. The first-order valence-electron chi connectivity index (χ1n) is 9.88. The van der Waals surface area contributed by atoms with Gasteiger partial charge in [0.2, 0.25) is 17.6 Å². The maximum absolute atomic E-state index is 12.5. The first-order chi connectivity index (χ1) is 14.2. The monoisotopic (exact) mass is 413 g/mol. The molecule has 0 unspecified atom stereocenters. The number of aromatic nitrogens is 2. The lowest BCUT2D eigenvalue weighted by atomic mass is 10.1. The Morgan fingerprint density at radius 3 is 2.69 bits per heavy atom. The average Bonchev–Trinajstić information content (AvgIpc) is 3.22. The lowest BCUT2D eigenvalue weighted by molar-refractivity contribution is -0.368. The number of benzene rings is 2. The van der Waals surface area contributed by atoms with E-state index in [1.807, 2.05) is 42.5 Å². The molecule has 0 saturated heterocycles. The zero-order chi connectivity index (χ0) is 20.5. The quantitative estimate of drug-likeness (QED) is 0.496. The van der Waals surface area contributed by atoms with Crippen LogP contribution >= 0.6 is 11.6 Å². The summed E-state index contributed by atoms with van der Waals surface area (Å²) in [6, 6.07) is 16.8. The molecule has 4 N–H and O–H groups in total. The van der Waals surface area contributed by atoms with Gasteiger partial charge in [-0.25, -0.2) is 0 Å². The van der Waals surface area contributed by atoms with E-state index in [9.17, 15) is 4.79 Å². The molecule has 1 aromatic heterocycles. The van der Waals surface area contributed by atoms with Gasteiger partial charge in [0.05, 0.1) is 6.54 Å². The third kappa shape index (κ3) is 6.41. The van der Waals surface area contributed by atoms with Crippen LogP contribution < -0.4 is 11.1 Å². The fraction of sp³-hybridized carbons (Fsp3) is 0.318. The highest BCUT2D eigenvalue weighted by Gasteiger charge is 2.22. The molecular formula is C22H26ClN4O2+. The Bertz CT molecular complexity index is 914. The first-order valence-corrected chi connectivity index (χ1v) is 10.3. The van der Waals surface area contributed by atoms with Gasteiger partial charge >= 0.3 is 0 Å². The molecular weight excluding hydrogens is 388 g/mol. The summed E-state index contributed by atoms with van der Waals surface area (Å²) in [5.74, 6) is 0.817. The smallest absolute Gasteiger partial charge is 0.249 e. The van der Waals surface area contributed by atoms with Crippen LogP contribution in [0.2, 0.25) is 5.02 Å². The van der Waals surface area contributed by atoms with Gasteiger partial charge in [-0.1, -0.05) is 59.2 Å². The zero-order valence-electron chi connectivity index (χ0n) is 16.3. The van der Waals surface area contributed by atoms with Gasteiger partial charge in [0.1, 0.15) is 6.04 Å². The number of nitrogens with zero attached hydrogens (tertiary/aromatic N) is 2. The van der Waals surface area contributed by atoms with E-state index >= 15 is 0 Å². The Kier molecular flexibility index (Phi) is 7.78. The van der Waals surface area contributed by atoms with Crippen LogP contribution in [0.25, 0.3) is 11.4 Å². The second kappa shape index (κ2) is 10.7. The number of rotatable bonds is 10. The van der Waals surface area contributed by atoms with Crippen molar-refractivity contribution in [3.63, 3.8) is 0 Å². The maximum atomic E-state index is 12.5. The minimum absolute atomic E-state index is 0.0162. The van der Waals surface area contributed by atoms with Crippen LogP contribution in [0.1, 0.15) is 43.2 Å². The van der Waals surface area contributed by atoms with E-state index in [2.05, 4.69) is 21.2 Å². The molecule has 152 valence electrons. The van der Waals surface area contributed by atoms with Gasteiger partial charge in [0.15, 0.2) is 0 Å². The van der Waals surface area contributed by atoms with Gasteiger partial charge in [-0.05, 0) is 37.0 Å². The van der Waals surface area contributed by atoms with Gasteiger partial charge < -0.3 is 15.6 Å². The third-order valence-corrected chi connectivity index (χ3v) is 4.83. The van der Waals surface area contributed by atoms with Crippen molar-refractivity contribution < 1.29 is 15.1 Å². The van der Waals surface area contributed by atoms with Crippen molar-refractivity contribution in [1.82, 2.24) is 15.5 Å². The molecule has 0 aliphatic rings. The molecule has 1 heterocycles. The second-order valence-corrected chi connectivity index (χ2v) is 7.38.